The monoisotopic (exact) mass is 454 g/mol. The summed E-state index contributed by atoms with van der Waals surface area (Å²) in [6.07, 6.45) is 3.32. The second-order valence-electron chi connectivity index (χ2n) is 9.32. The van der Waals surface area contributed by atoms with Crippen LogP contribution in [0.3, 0.4) is 0 Å². The molecule has 1 aliphatic carbocycles. The van der Waals surface area contributed by atoms with Gasteiger partial charge in [0.1, 0.15) is 5.82 Å². The van der Waals surface area contributed by atoms with Gasteiger partial charge in [0.05, 0.1) is 18.8 Å². The summed E-state index contributed by atoms with van der Waals surface area (Å²) in [6, 6.07) is 11.3. The minimum absolute atomic E-state index is 0.0596. The van der Waals surface area contributed by atoms with Crippen molar-refractivity contribution in [3.05, 3.63) is 58.9 Å². The first-order valence-electron chi connectivity index (χ1n) is 11.8. The van der Waals surface area contributed by atoms with Crippen molar-refractivity contribution in [3.63, 3.8) is 0 Å². The molecule has 1 unspecified atom stereocenters. The van der Waals surface area contributed by atoms with Gasteiger partial charge in [0.25, 0.3) is 5.91 Å². The van der Waals surface area contributed by atoms with Crippen LogP contribution in [-0.2, 0) is 11.2 Å². The Morgan fingerprint density at radius 3 is 2.64 bits per heavy atom. The minimum Gasteiger partial charge on any atom is -0.378 e. The highest BCUT2D eigenvalue weighted by molar-refractivity contribution is 6.04. The SMILES string of the molecule is CN(C)CCN(C)C1CCCc2ccc(NC(=O)c3ccc(N4CCOCC4)cc3F)cc21. The van der Waals surface area contributed by atoms with Gasteiger partial charge >= 0.3 is 0 Å². The number of halogens is 1. The Bertz CT molecular complexity index is 975. The first kappa shape index (κ1) is 23.7. The van der Waals surface area contributed by atoms with Crippen LogP contribution in [0.15, 0.2) is 36.4 Å². The van der Waals surface area contributed by atoms with Crippen LogP contribution in [0, 0.1) is 5.82 Å². The van der Waals surface area contributed by atoms with E-state index in [2.05, 4.69) is 53.3 Å². The number of benzene rings is 2. The molecule has 1 fully saturated rings. The highest BCUT2D eigenvalue weighted by Crippen LogP contribution is 2.35. The number of likely N-dealkylation sites (N-methyl/N-ethyl adjacent to an activating group) is 2. The van der Waals surface area contributed by atoms with Gasteiger partial charge in [-0.2, -0.15) is 0 Å². The van der Waals surface area contributed by atoms with Gasteiger partial charge in [0.15, 0.2) is 0 Å². The summed E-state index contributed by atoms with van der Waals surface area (Å²) < 4.78 is 20.2. The molecule has 6 nitrogen and oxygen atoms in total. The predicted octanol–water partition coefficient (Wildman–Crippen LogP) is 3.79. The van der Waals surface area contributed by atoms with Crippen molar-refractivity contribution in [1.82, 2.24) is 9.80 Å². The number of morpholine rings is 1. The molecule has 2 aromatic rings. The van der Waals surface area contributed by atoms with E-state index in [1.54, 1.807) is 6.07 Å². The third-order valence-corrected chi connectivity index (χ3v) is 6.69. The number of nitrogens with one attached hydrogen (secondary N) is 1. The highest BCUT2D eigenvalue weighted by atomic mass is 19.1. The van der Waals surface area contributed by atoms with Crippen LogP contribution < -0.4 is 10.2 Å². The fourth-order valence-corrected chi connectivity index (χ4v) is 4.73. The summed E-state index contributed by atoms with van der Waals surface area (Å²) in [4.78, 5) is 19.5. The molecule has 0 spiro atoms. The Balaban J connectivity index is 1.48. The lowest BCUT2D eigenvalue weighted by Crippen LogP contribution is -2.36. The van der Waals surface area contributed by atoms with Crippen molar-refractivity contribution < 1.29 is 13.9 Å². The molecule has 2 aliphatic rings. The quantitative estimate of drug-likeness (QED) is 0.690. The van der Waals surface area contributed by atoms with Gasteiger partial charge in [0, 0.05) is 43.6 Å². The van der Waals surface area contributed by atoms with Crippen LogP contribution in [0.25, 0.3) is 0 Å². The molecule has 2 aromatic carbocycles. The van der Waals surface area contributed by atoms with E-state index in [0.29, 0.717) is 24.9 Å². The van der Waals surface area contributed by atoms with E-state index in [0.717, 1.165) is 51.1 Å². The molecule has 33 heavy (non-hydrogen) atoms. The second-order valence-corrected chi connectivity index (χ2v) is 9.32. The van der Waals surface area contributed by atoms with Crippen molar-refractivity contribution in [2.75, 3.05) is 70.8 Å². The number of nitrogens with zero attached hydrogens (tertiary/aromatic N) is 3. The largest absolute Gasteiger partial charge is 0.378 e. The van der Waals surface area contributed by atoms with Crippen molar-refractivity contribution >= 4 is 17.3 Å². The number of anilines is 2. The van der Waals surface area contributed by atoms with Gasteiger partial charge in [-0.1, -0.05) is 6.07 Å². The predicted molar refractivity (Wildman–Crippen MR) is 131 cm³/mol. The average molecular weight is 455 g/mol. The van der Waals surface area contributed by atoms with Crippen LogP contribution in [0.1, 0.15) is 40.4 Å². The lowest BCUT2D eigenvalue weighted by Gasteiger charge is -2.34. The van der Waals surface area contributed by atoms with Crippen molar-refractivity contribution in [2.24, 2.45) is 0 Å². The van der Waals surface area contributed by atoms with E-state index in [-0.39, 0.29) is 5.56 Å². The third kappa shape index (κ3) is 5.72. The lowest BCUT2D eigenvalue weighted by molar-refractivity contribution is 0.102. The number of hydrogen-bond acceptors (Lipinski definition) is 5. The van der Waals surface area contributed by atoms with Gasteiger partial charge in [-0.05, 0) is 81.9 Å². The molecule has 7 heteroatoms. The van der Waals surface area contributed by atoms with E-state index in [1.807, 2.05) is 12.1 Å². The zero-order chi connectivity index (χ0) is 23.4. The number of carbonyl (C=O) groups is 1. The number of ether oxygens (including phenoxy) is 1. The minimum atomic E-state index is -0.504. The van der Waals surface area contributed by atoms with Crippen molar-refractivity contribution in [1.29, 1.82) is 0 Å². The van der Waals surface area contributed by atoms with E-state index in [1.165, 1.54) is 17.2 Å². The van der Waals surface area contributed by atoms with E-state index >= 15 is 0 Å². The molecule has 0 aromatic heterocycles. The molecular weight excluding hydrogens is 419 g/mol. The molecular formula is C26H35FN4O2. The first-order valence-corrected chi connectivity index (χ1v) is 11.8. The number of amides is 1. The summed E-state index contributed by atoms with van der Waals surface area (Å²) in [7, 11) is 6.34. The molecule has 178 valence electrons. The summed E-state index contributed by atoms with van der Waals surface area (Å²) >= 11 is 0. The van der Waals surface area contributed by atoms with Crippen molar-refractivity contribution in [2.45, 2.75) is 25.3 Å². The molecule has 0 bridgehead atoms. The fraction of sp³-hybridized carbons (Fsp3) is 0.500. The Morgan fingerprint density at radius 2 is 1.91 bits per heavy atom. The number of aryl methyl sites for hydroxylation is 1. The van der Waals surface area contributed by atoms with Crippen LogP contribution in [0.2, 0.25) is 0 Å². The number of hydrogen-bond donors (Lipinski definition) is 1. The molecule has 0 saturated carbocycles. The van der Waals surface area contributed by atoms with Crippen molar-refractivity contribution in [3.8, 4) is 0 Å². The standard InChI is InChI=1S/C26H35FN4O2/c1-29(2)11-12-30(3)25-6-4-5-19-7-8-20(17-23(19)25)28-26(32)22-10-9-21(18-24(22)27)31-13-15-33-16-14-31/h7-10,17-18,25H,4-6,11-16H2,1-3H3,(H,28,32). The van der Waals surface area contributed by atoms with Crippen LogP contribution in [0.4, 0.5) is 15.8 Å². The van der Waals surface area contributed by atoms with Gasteiger partial charge in [-0.25, -0.2) is 4.39 Å². The van der Waals surface area contributed by atoms with Crippen LogP contribution >= 0.6 is 0 Å². The molecule has 1 aliphatic heterocycles. The third-order valence-electron chi connectivity index (χ3n) is 6.69. The topological polar surface area (TPSA) is 48.0 Å². The van der Waals surface area contributed by atoms with Gasteiger partial charge in [0.2, 0.25) is 0 Å². The molecule has 1 heterocycles. The molecule has 0 radical (unpaired) electrons. The number of carbonyl (C=O) groups excluding carboxylic acids is 1. The smallest absolute Gasteiger partial charge is 0.258 e. The highest BCUT2D eigenvalue weighted by Gasteiger charge is 2.24. The molecule has 1 N–H and O–H groups in total. The first-order chi connectivity index (χ1) is 15.9. The number of rotatable bonds is 7. The Hall–Kier alpha value is -2.48. The van der Waals surface area contributed by atoms with Gasteiger partial charge < -0.3 is 19.9 Å². The van der Waals surface area contributed by atoms with Crippen LogP contribution in [-0.4, -0.2) is 76.2 Å². The fourth-order valence-electron chi connectivity index (χ4n) is 4.73. The van der Waals surface area contributed by atoms with Gasteiger partial charge in [-0.15, -0.1) is 0 Å². The van der Waals surface area contributed by atoms with Gasteiger partial charge in [-0.3, -0.25) is 9.69 Å². The van der Waals surface area contributed by atoms with Crippen LogP contribution in [0.5, 0.6) is 0 Å². The molecule has 4 rings (SSSR count). The second kappa shape index (κ2) is 10.6. The number of fused-ring (bicyclic) bond motifs is 1. The summed E-state index contributed by atoms with van der Waals surface area (Å²) in [5.74, 6) is -0.926. The zero-order valence-corrected chi connectivity index (χ0v) is 19.9. The normalized spacial score (nSPS) is 18.5. The summed E-state index contributed by atoms with van der Waals surface area (Å²) in [5.41, 5.74) is 4.16. The molecule has 1 saturated heterocycles. The summed E-state index contributed by atoms with van der Waals surface area (Å²) in [6.45, 7) is 4.70. The molecule has 1 amide bonds. The van der Waals surface area contributed by atoms with E-state index in [4.69, 9.17) is 4.74 Å². The summed E-state index contributed by atoms with van der Waals surface area (Å²) in [5, 5.41) is 2.92. The lowest BCUT2D eigenvalue weighted by atomic mass is 9.86. The average Bonchev–Trinajstić information content (AvgIpc) is 2.82. The molecule has 1 atom stereocenters. The van der Waals surface area contributed by atoms with E-state index < -0.39 is 11.7 Å². The Labute approximate surface area is 196 Å². The maximum absolute atomic E-state index is 14.8. The zero-order valence-electron chi connectivity index (χ0n) is 19.9. The maximum Gasteiger partial charge on any atom is 0.258 e. The Morgan fingerprint density at radius 1 is 1.12 bits per heavy atom. The Kier molecular flexibility index (Phi) is 7.63. The maximum atomic E-state index is 14.8. The van der Waals surface area contributed by atoms with E-state index in [9.17, 15) is 9.18 Å².